The van der Waals surface area contributed by atoms with Crippen molar-refractivity contribution in [1.29, 1.82) is 0 Å². The topological polar surface area (TPSA) is 71.8 Å². The van der Waals surface area contributed by atoms with Gasteiger partial charge in [-0.2, -0.15) is 5.10 Å². The summed E-state index contributed by atoms with van der Waals surface area (Å²) in [5, 5.41) is 10.1. The molecule has 6 nitrogen and oxygen atoms in total. The minimum atomic E-state index is -0.216. The monoisotopic (exact) mass is 347 g/mol. The van der Waals surface area contributed by atoms with Gasteiger partial charge in [-0.15, -0.1) is 0 Å². The molecular formula is C20H21N5O. The van der Waals surface area contributed by atoms with Gasteiger partial charge in [0.25, 0.3) is 0 Å². The van der Waals surface area contributed by atoms with E-state index in [0.717, 1.165) is 12.1 Å². The number of urea groups is 1. The first kappa shape index (κ1) is 16.3. The quantitative estimate of drug-likeness (QED) is 0.719. The second kappa shape index (κ2) is 7.39. The Kier molecular flexibility index (Phi) is 4.64. The standard InChI is InChI=1S/C20H21N5O/c26-20(22-13-16-12-18(16)15-6-2-1-3-7-15)23-19-9-11-25(24-19)14-17-8-4-5-10-21-17/h1-11,16,18H,12-14H2,(H2,22,23,24,26)/t16-,18-/m0/s1. The molecule has 2 amide bonds. The number of nitrogens with zero attached hydrogens (tertiary/aromatic N) is 3. The van der Waals surface area contributed by atoms with Gasteiger partial charge in [-0.05, 0) is 36.0 Å². The van der Waals surface area contributed by atoms with Crippen LogP contribution in [0.2, 0.25) is 0 Å². The zero-order valence-electron chi connectivity index (χ0n) is 14.4. The molecule has 1 aromatic carbocycles. The van der Waals surface area contributed by atoms with Crippen LogP contribution in [-0.4, -0.2) is 27.3 Å². The van der Waals surface area contributed by atoms with Crippen molar-refractivity contribution in [2.24, 2.45) is 5.92 Å². The van der Waals surface area contributed by atoms with Gasteiger partial charge in [0, 0.05) is 25.0 Å². The van der Waals surface area contributed by atoms with E-state index in [0.29, 0.717) is 30.7 Å². The molecule has 0 unspecified atom stereocenters. The zero-order valence-corrected chi connectivity index (χ0v) is 14.4. The van der Waals surface area contributed by atoms with Crippen LogP contribution < -0.4 is 10.6 Å². The molecule has 1 aliphatic carbocycles. The second-order valence-corrected chi connectivity index (χ2v) is 6.57. The molecule has 3 aromatic rings. The van der Waals surface area contributed by atoms with E-state index < -0.39 is 0 Å². The number of amides is 2. The molecule has 4 rings (SSSR count). The molecule has 1 aliphatic rings. The number of pyridine rings is 1. The Bertz CT molecular complexity index is 862. The van der Waals surface area contributed by atoms with Crippen LogP contribution in [-0.2, 0) is 6.54 Å². The van der Waals surface area contributed by atoms with E-state index in [1.807, 2.05) is 30.5 Å². The molecule has 0 bridgehead atoms. The fourth-order valence-electron chi connectivity index (χ4n) is 3.14. The SMILES string of the molecule is O=C(NC[C@@H]1C[C@H]1c1ccccc1)Nc1ccn(Cc2ccccn2)n1. The fourth-order valence-corrected chi connectivity index (χ4v) is 3.14. The van der Waals surface area contributed by atoms with Crippen LogP contribution in [0.1, 0.15) is 23.6 Å². The van der Waals surface area contributed by atoms with Crippen molar-refractivity contribution in [2.45, 2.75) is 18.9 Å². The summed E-state index contributed by atoms with van der Waals surface area (Å²) in [7, 11) is 0. The lowest BCUT2D eigenvalue weighted by Crippen LogP contribution is -2.30. The Labute approximate surface area is 152 Å². The Morgan fingerprint density at radius 1 is 1.12 bits per heavy atom. The van der Waals surface area contributed by atoms with Gasteiger partial charge < -0.3 is 5.32 Å². The Hall–Kier alpha value is -3.15. The van der Waals surface area contributed by atoms with Gasteiger partial charge in [-0.1, -0.05) is 36.4 Å². The van der Waals surface area contributed by atoms with E-state index >= 15 is 0 Å². The minimum Gasteiger partial charge on any atom is -0.338 e. The maximum Gasteiger partial charge on any atom is 0.320 e. The van der Waals surface area contributed by atoms with Crippen LogP contribution in [0.25, 0.3) is 0 Å². The Morgan fingerprint density at radius 2 is 1.96 bits per heavy atom. The van der Waals surface area contributed by atoms with Gasteiger partial charge in [0.2, 0.25) is 0 Å². The number of aromatic nitrogens is 3. The summed E-state index contributed by atoms with van der Waals surface area (Å²) in [6.45, 7) is 1.25. The number of hydrogen-bond donors (Lipinski definition) is 2. The van der Waals surface area contributed by atoms with E-state index in [9.17, 15) is 4.79 Å². The summed E-state index contributed by atoms with van der Waals surface area (Å²) in [5.74, 6) is 1.62. The molecule has 2 heterocycles. The van der Waals surface area contributed by atoms with E-state index in [2.05, 4.69) is 45.0 Å². The molecule has 2 aromatic heterocycles. The zero-order chi connectivity index (χ0) is 17.8. The number of carbonyl (C=O) groups excluding carboxylic acids is 1. The van der Waals surface area contributed by atoms with Gasteiger partial charge in [0.15, 0.2) is 5.82 Å². The molecule has 1 fully saturated rings. The van der Waals surface area contributed by atoms with E-state index in [1.54, 1.807) is 16.9 Å². The molecule has 1 saturated carbocycles. The average molecular weight is 347 g/mol. The number of carbonyl (C=O) groups is 1. The normalized spacial score (nSPS) is 18.3. The molecule has 2 atom stereocenters. The van der Waals surface area contributed by atoms with Crippen LogP contribution >= 0.6 is 0 Å². The van der Waals surface area contributed by atoms with Crippen molar-refractivity contribution in [3.05, 3.63) is 78.2 Å². The van der Waals surface area contributed by atoms with Gasteiger partial charge in [-0.3, -0.25) is 15.0 Å². The van der Waals surface area contributed by atoms with Crippen LogP contribution in [0.4, 0.5) is 10.6 Å². The maximum absolute atomic E-state index is 12.1. The Morgan fingerprint density at radius 3 is 2.77 bits per heavy atom. The molecule has 26 heavy (non-hydrogen) atoms. The van der Waals surface area contributed by atoms with Crippen molar-refractivity contribution in [3.63, 3.8) is 0 Å². The third-order valence-corrected chi connectivity index (χ3v) is 4.61. The van der Waals surface area contributed by atoms with Gasteiger partial charge in [-0.25, -0.2) is 4.79 Å². The molecule has 0 spiro atoms. The highest BCUT2D eigenvalue weighted by atomic mass is 16.2. The fraction of sp³-hybridized carbons (Fsp3) is 0.250. The predicted octanol–water partition coefficient (Wildman–Crippen LogP) is 3.25. The van der Waals surface area contributed by atoms with Crippen LogP contribution in [0.5, 0.6) is 0 Å². The smallest absolute Gasteiger partial charge is 0.320 e. The summed E-state index contributed by atoms with van der Waals surface area (Å²) in [6.07, 6.45) is 4.71. The summed E-state index contributed by atoms with van der Waals surface area (Å²) in [4.78, 5) is 16.3. The molecule has 132 valence electrons. The predicted molar refractivity (Wildman–Crippen MR) is 99.9 cm³/mol. The highest BCUT2D eigenvalue weighted by Crippen LogP contribution is 2.46. The van der Waals surface area contributed by atoms with Gasteiger partial charge >= 0.3 is 6.03 Å². The van der Waals surface area contributed by atoms with Crippen molar-refractivity contribution < 1.29 is 4.79 Å². The summed E-state index contributed by atoms with van der Waals surface area (Å²) >= 11 is 0. The molecule has 0 radical (unpaired) electrons. The third-order valence-electron chi connectivity index (χ3n) is 4.61. The molecule has 0 saturated heterocycles. The molecule has 2 N–H and O–H groups in total. The van der Waals surface area contributed by atoms with Crippen molar-refractivity contribution in [1.82, 2.24) is 20.1 Å². The molecule has 0 aliphatic heterocycles. The first-order valence-corrected chi connectivity index (χ1v) is 8.81. The highest BCUT2D eigenvalue weighted by molar-refractivity contribution is 5.88. The number of rotatable bonds is 6. The lowest BCUT2D eigenvalue weighted by molar-refractivity contribution is 0.251. The van der Waals surface area contributed by atoms with Crippen molar-refractivity contribution in [3.8, 4) is 0 Å². The largest absolute Gasteiger partial charge is 0.338 e. The molecule has 6 heteroatoms. The Balaban J connectivity index is 1.23. The van der Waals surface area contributed by atoms with E-state index in [-0.39, 0.29) is 6.03 Å². The maximum atomic E-state index is 12.1. The lowest BCUT2D eigenvalue weighted by Gasteiger charge is -2.06. The lowest BCUT2D eigenvalue weighted by atomic mass is 10.1. The van der Waals surface area contributed by atoms with E-state index in [1.165, 1.54) is 5.56 Å². The van der Waals surface area contributed by atoms with Crippen LogP contribution in [0.3, 0.4) is 0 Å². The minimum absolute atomic E-state index is 0.216. The molecular weight excluding hydrogens is 326 g/mol. The summed E-state index contributed by atoms with van der Waals surface area (Å²) in [5.41, 5.74) is 2.28. The van der Waals surface area contributed by atoms with Crippen LogP contribution in [0.15, 0.2) is 67.0 Å². The van der Waals surface area contributed by atoms with Gasteiger partial charge in [0.1, 0.15) is 0 Å². The van der Waals surface area contributed by atoms with Crippen molar-refractivity contribution >= 4 is 11.8 Å². The summed E-state index contributed by atoms with van der Waals surface area (Å²) < 4.78 is 1.75. The number of hydrogen-bond acceptors (Lipinski definition) is 3. The van der Waals surface area contributed by atoms with Crippen LogP contribution in [0, 0.1) is 5.92 Å². The van der Waals surface area contributed by atoms with Gasteiger partial charge in [0.05, 0.1) is 12.2 Å². The number of anilines is 1. The first-order valence-electron chi connectivity index (χ1n) is 8.81. The van der Waals surface area contributed by atoms with Crippen molar-refractivity contribution in [2.75, 3.05) is 11.9 Å². The highest BCUT2D eigenvalue weighted by Gasteiger charge is 2.38. The first-order chi connectivity index (χ1) is 12.8. The third kappa shape index (κ3) is 4.08. The van der Waals surface area contributed by atoms with E-state index in [4.69, 9.17) is 0 Å². The second-order valence-electron chi connectivity index (χ2n) is 6.57. The number of nitrogens with one attached hydrogen (secondary N) is 2. The summed E-state index contributed by atoms with van der Waals surface area (Å²) in [6, 6.07) is 17.8. The average Bonchev–Trinajstić information content (AvgIpc) is 3.34. The number of benzene rings is 1.